The summed E-state index contributed by atoms with van der Waals surface area (Å²) in [6, 6.07) is 7.13. The molecule has 8 nitrogen and oxygen atoms in total. The molecule has 2 aliphatic rings. The number of nitrogens with zero attached hydrogens (tertiary/aromatic N) is 4. The molecule has 2 fully saturated rings. The van der Waals surface area contributed by atoms with Gasteiger partial charge in [-0.15, -0.1) is 0 Å². The molecule has 2 saturated heterocycles. The van der Waals surface area contributed by atoms with E-state index in [1.165, 1.54) is 21.7 Å². The van der Waals surface area contributed by atoms with Crippen molar-refractivity contribution >= 4 is 17.9 Å². The first kappa shape index (κ1) is 16.2. The van der Waals surface area contributed by atoms with Gasteiger partial charge < -0.3 is 9.64 Å². The highest BCUT2D eigenvalue weighted by Gasteiger charge is 2.44. The summed E-state index contributed by atoms with van der Waals surface area (Å²) in [5, 5.41) is 4.30. The van der Waals surface area contributed by atoms with Crippen LogP contribution in [0.5, 0.6) is 0 Å². The number of halogens is 1. The van der Waals surface area contributed by atoms with Crippen LogP contribution < -0.4 is 0 Å². The van der Waals surface area contributed by atoms with E-state index >= 15 is 0 Å². The minimum Gasteiger partial charge on any atom is -0.439 e. The van der Waals surface area contributed by atoms with Crippen LogP contribution in [0.2, 0.25) is 0 Å². The van der Waals surface area contributed by atoms with E-state index in [2.05, 4.69) is 9.84 Å². The molecular formula is C17H15FN4O4. The summed E-state index contributed by atoms with van der Waals surface area (Å²) in [5.74, 6) is -0.974. The zero-order chi connectivity index (χ0) is 18.4. The van der Waals surface area contributed by atoms with Gasteiger partial charge >= 0.3 is 6.09 Å². The van der Waals surface area contributed by atoms with Gasteiger partial charge in [0.05, 0.1) is 11.7 Å². The average molecular weight is 358 g/mol. The number of carbonyl (C=O) groups excluding carboxylic acids is 3. The van der Waals surface area contributed by atoms with Gasteiger partial charge in [0.1, 0.15) is 11.5 Å². The fourth-order valence-electron chi connectivity index (χ4n) is 3.09. The Labute approximate surface area is 147 Å². The van der Waals surface area contributed by atoms with Crippen molar-refractivity contribution in [3.05, 3.63) is 41.8 Å². The number of carbonyl (C=O) groups is 3. The van der Waals surface area contributed by atoms with Crippen molar-refractivity contribution in [1.29, 1.82) is 0 Å². The first-order chi connectivity index (χ1) is 12.4. The minimum absolute atomic E-state index is 0.244. The lowest BCUT2D eigenvalue weighted by Crippen LogP contribution is -2.62. The number of hydrogen-bond donors (Lipinski definition) is 0. The fourth-order valence-corrected chi connectivity index (χ4v) is 3.09. The van der Waals surface area contributed by atoms with Crippen LogP contribution in [0.4, 0.5) is 9.18 Å². The van der Waals surface area contributed by atoms with Crippen molar-refractivity contribution in [1.82, 2.24) is 19.6 Å². The summed E-state index contributed by atoms with van der Waals surface area (Å²) >= 11 is 0. The molecule has 2 aromatic rings. The second-order valence-corrected chi connectivity index (χ2v) is 6.23. The van der Waals surface area contributed by atoms with Gasteiger partial charge in [-0.1, -0.05) is 0 Å². The second kappa shape index (κ2) is 5.94. The molecule has 0 aliphatic carbocycles. The number of amides is 3. The molecule has 0 N–H and O–H groups in total. The van der Waals surface area contributed by atoms with Crippen LogP contribution in [0.25, 0.3) is 11.3 Å². The molecule has 1 aromatic heterocycles. The number of aromatic nitrogens is 2. The summed E-state index contributed by atoms with van der Waals surface area (Å²) in [5.41, 5.74) is 1.64. The van der Waals surface area contributed by atoms with Crippen LogP contribution in [0, 0.1) is 5.82 Å². The third-order valence-corrected chi connectivity index (χ3v) is 4.54. The van der Waals surface area contributed by atoms with Crippen molar-refractivity contribution in [3.63, 3.8) is 0 Å². The molecule has 0 unspecified atom stereocenters. The van der Waals surface area contributed by atoms with Crippen molar-refractivity contribution < 1.29 is 23.5 Å². The summed E-state index contributed by atoms with van der Waals surface area (Å²) in [7, 11) is 1.65. The summed E-state index contributed by atoms with van der Waals surface area (Å²) in [6.07, 6.45) is -0.661. The van der Waals surface area contributed by atoms with Crippen LogP contribution in [0.3, 0.4) is 0 Å². The Morgan fingerprint density at radius 2 is 1.92 bits per heavy atom. The van der Waals surface area contributed by atoms with E-state index in [1.807, 2.05) is 0 Å². The average Bonchev–Trinajstić information content (AvgIpc) is 3.11. The molecule has 0 saturated carbocycles. The van der Waals surface area contributed by atoms with E-state index in [0.29, 0.717) is 17.0 Å². The molecule has 0 radical (unpaired) electrons. The Hall–Kier alpha value is -3.23. The van der Waals surface area contributed by atoms with Gasteiger partial charge in [-0.25, -0.2) is 14.1 Å². The highest BCUT2D eigenvalue weighted by atomic mass is 19.1. The van der Waals surface area contributed by atoms with Gasteiger partial charge in [0.2, 0.25) is 0 Å². The Kier molecular flexibility index (Phi) is 3.71. The minimum atomic E-state index is -0.661. The molecule has 3 heterocycles. The number of likely N-dealkylation sites (tertiary alicyclic amines) is 1. The van der Waals surface area contributed by atoms with Gasteiger partial charge in [-0.05, 0) is 30.3 Å². The Morgan fingerprint density at radius 3 is 2.54 bits per heavy atom. The molecule has 4 rings (SSSR count). The normalized spacial score (nSPS) is 17.5. The molecule has 2 aliphatic heterocycles. The topological polar surface area (TPSA) is 84.7 Å². The van der Waals surface area contributed by atoms with Crippen LogP contribution in [-0.4, -0.2) is 63.2 Å². The van der Waals surface area contributed by atoms with E-state index < -0.39 is 6.09 Å². The molecule has 0 atom stereocenters. The highest BCUT2D eigenvalue weighted by Crippen LogP contribution is 2.24. The zero-order valence-electron chi connectivity index (χ0n) is 13.9. The van der Waals surface area contributed by atoms with E-state index in [0.717, 1.165) is 4.90 Å². The first-order valence-corrected chi connectivity index (χ1v) is 8.02. The summed E-state index contributed by atoms with van der Waals surface area (Å²) < 4.78 is 19.2. The monoisotopic (exact) mass is 358 g/mol. The lowest BCUT2D eigenvalue weighted by atomic mass is 10.1. The summed E-state index contributed by atoms with van der Waals surface area (Å²) in [6.45, 7) is 0.277. The molecule has 3 amide bonds. The summed E-state index contributed by atoms with van der Waals surface area (Å²) in [4.78, 5) is 38.4. The van der Waals surface area contributed by atoms with Crippen molar-refractivity contribution in [2.75, 3.05) is 19.7 Å². The van der Waals surface area contributed by atoms with E-state index in [9.17, 15) is 18.8 Å². The Morgan fingerprint density at radius 1 is 1.23 bits per heavy atom. The van der Waals surface area contributed by atoms with Crippen LogP contribution in [0.15, 0.2) is 30.3 Å². The van der Waals surface area contributed by atoms with Gasteiger partial charge in [0.25, 0.3) is 11.8 Å². The lowest BCUT2D eigenvalue weighted by molar-refractivity contribution is -0.129. The molecule has 134 valence electrons. The Bertz CT molecular complexity index is 886. The first-order valence-electron chi connectivity index (χ1n) is 8.02. The number of cyclic esters (lactones) is 1. The number of hydrogen-bond acceptors (Lipinski definition) is 5. The zero-order valence-corrected chi connectivity index (χ0v) is 13.9. The van der Waals surface area contributed by atoms with Gasteiger partial charge in [-0.3, -0.25) is 14.3 Å². The molecular weight excluding hydrogens is 343 g/mol. The molecule has 1 aromatic carbocycles. The lowest BCUT2D eigenvalue weighted by Gasteiger charge is -2.41. The predicted octanol–water partition coefficient (Wildman–Crippen LogP) is 1.03. The largest absolute Gasteiger partial charge is 0.439 e. The highest BCUT2D eigenvalue weighted by molar-refractivity contribution is 5.99. The Balaban J connectivity index is 1.47. The molecule has 9 heteroatoms. The van der Waals surface area contributed by atoms with Gasteiger partial charge in [-0.2, -0.15) is 5.10 Å². The molecule has 0 spiro atoms. The third-order valence-electron chi connectivity index (χ3n) is 4.54. The standard InChI is InChI=1S/C17H15FN4O4/c1-20-14(6-13(19-20)10-2-4-11(18)5-3-10)16(24)21-7-12(8-21)22-15(23)9-26-17(22)25/h2-6,12H,7-9H2,1H3. The maximum Gasteiger partial charge on any atom is 0.417 e. The van der Waals surface area contributed by atoms with E-state index in [1.54, 1.807) is 25.2 Å². The van der Waals surface area contributed by atoms with Crippen LogP contribution in [0.1, 0.15) is 10.5 Å². The number of benzene rings is 1. The number of imide groups is 1. The maximum absolute atomic E-state index is 13.0. The maximum atomic E-state index is 13.0. The van der Waals surface area contributed by atoms with Crippen LogP contribution in [-0.2, 0) is 16.6 Å². The van der Waals surface area contributed by atoms with Crippen molar-refractivity contribution in [2.45, 2.75) is 6.04 Å². The second-order valence-electron chi connectivity index (χ2n) is 6.23. The van der Waals surface area contributed by atoms with E-state index in [-0.39, 0.29) is 43.4 Å². The van der Waals surface area contributed by atoms with Crippen LogP contribution >= 0.6 is 0 Å². The SMILES string of the molecule is Cn1nc(-c2ccc(F)cc2)cc1C(=O)N1CC(N2C(=O)COC2=O)C1. The quantitative estimate of drug-likeness (QED) is 0.818. The van der Waals surface area contributed by atoms with Crippen molar-refractivity contribution in [2.24, 2.45) is 7.05 Å². The number of ether oxygens (including phenoxy) is 1. The third kappa shape index (κ3) is 2.61. The molecule has 0 bridgehead atoms. The van der Waals surface area contributed by atoms with Gasteiger partial charge in [0.15, 0.2) is 6.61 Å². The number of rotatable bonds is 3. The van der Waals surface area contributed by atoms with Gasteiger partial charge in [0, 0.05) is 25.7 Å². The molecule has 26 heavy (non-hydrogen) atoms. The van der Waals surface area contributed by atoms with Crippen molar-refractivity contribution in [3.8, 4) is 11.3 Å². The number of aryl methyl sites for hydroxylation is 1. The smallest absolute Gasteiger partial charge is 0.417 e. The predicted molar refractivity (Wildman–Crippen MR) is 86.5 cm³/mol. The van der Waals surface area contributed by atoms with E-state index in [4.69, 9.17) is 0 Å². The fraction of sp³-hybridized carbons (Fsp3) is 0.294.